The highest BCUT2D eigenvalue weighted by Crippen LogP contribution is 2.34. The molecule has 4 fully saturated rings. The Labute approximate surface area is 240 Å². The fraction of sp³-hybridized carbons (Fsp3) is 0.812. The van der Waals surface area contributed by atoms with Crippen molar-refractivity contribution in [3.8, 4) is 0 Å². The summed E-state index contributed by atoms with van der Waals surface area (Å²) in [7, 11) is 0. The Balaban J connectivity index is 1.56. The van der Waals surface area contributed by atoms with Crippen LogP contribution in [0.3, 0.4) is 0 Å². The van der Waals surface area contributed by atoms with Crippen molar-refractivity contribution in [3.05, 3.63) is 11.6 Å². The third-order valence-electron chi connectivity index (χ3n) is 10.1. The molecule has 5 aliphatic rings. The van der Waals surface area contributed by atoms with Gasteiger partial charge >= 0.3 is 0 Å². The molecule has 5 rings (SSSR count). The van der Waals surface area contributed by atoms with E-state index in [2.05, 4.69) is 10.6 Å². The van der Waals surface area contributed by atoms with Gasteiger partial charge in [0.1, 0.15) is 0 Å². The van der Waals surface area contributed by atoms with E-state index in [0.717, 1.165) is 128 Å². The van der Waals surface area contributed by atoms with Crippen LogP contribution in [0.1, 0.15) is 128 Å². The number of amides is 4. The lowest BCUT2D eigenvalue weighted by Gasteiger charge is -2.40. The summed E-state index contributed by atoms with van der Waals surface area (Å²) in [5.74, 6) is -0.751. The fourth-order valence-corrected chi connectivity index (χ4v) is 7.69. The Morgan fingerprint density at radius 1 is 0.400 bits per heavy atom. The SMILES string of the molecule is O=C(C1CCCCC1)N(C(=O)C1CCCCC1)C1=C(N(C(=O)C2CCCCC2)C(=O)C2CCCCC2)NCCN1. The van der Waals surface area contributed by atoms with Gasteiger partial charge in [-0.25, -0.2) is 9.80 Å². The molecule has 0 unspecified atom stereocenters. The standard InChI is InChI=1S/C32H50N4O4/c37-29(23-13-5-1-6-14-23)35(30(38)24-15-7-2-8-16-24)27-28(34-22-21-33-27)36(31(39)25-17-9-3-10-18-25)32(40)26-19-11-4-12-20-26/h23-26,33-34H,1-22H2. The topological polar surface area (TPSA) is 98.8 Å². The van der Waals surface area contributed by atoms with Gasteiger partial charge in [-0.3, -0.25) is 19.2 Å². The Bertz CT molecular complexity index is 818. The molecule has 0 aromatic rings. The van der Waals surface area contributed by atoms with E-state index >= 15 is 0 Å². The molecule has 0 bridgehead atoms. The Kier molecular flexibility index (Phi) is 10.2. The zero-order valence-electron chi connectivity index (χ0n) is 24.4. The van der Waals surface area contributed by atoms with Crippen molar-refractivity contribution in [2.24, 2.45) is 23.7 Å². The van der Waals surface area contributed by atoms with Crippen molar-refractivity contribution >= 4 is 23.6 Å². The predicted molar refractivity (Wildman–Crippen MR) is 153 cm³/mol. The zero-order valence-corrected chi connectivity index (χ0v) is 24.4. The van der Waals surface area contributed by atoms with Crippen molar-refractivity contribution in [1.29, 1.82) is 0 Å². The smallest absolute Gasteiger partial charge is 0.238 e. The maximum Gasteiger partial charge on any atom is 0.238 e. The van der Waals surface area contributed by atoms with Gasteiger partial charge in [-0.15, -0.1) is 0 Å². The highest BCUT2D eigenvalue weighted by Gasteiger charge is 2.43. The fourth-order valence-electron chi connectivity index (χ4n) is 7.69. The first-order chi connectivity index (χ1) is 19.6. The van der Waals surface area contributed by atoms with Crippen molar-refractivity contribution in [3.63, 3.8) is 0 Å². The van der Waals surface area contributed by atoms with E-state index in [9.17, 15) is 19.2 Å². The third-order valence-corrected chi connectivity index (χ3v) is 10.1. The summed E-state index contributed by atoms with van der Waals surface area (Å²) >= 11 is 0. The molecule has 1 aliphatic heterocycles. The number of nitrogens with one attached hydrogen (secondary N) is 2. The summed E-state index contributed by atoms with van der Waals surface area (Å²) in [6.45, 7) is 1.04. The lowest BCUT2D eigenvalue weighted by Crippen LogP contribution is -2.56. The van der Waals surface area contributed by atoms with Gasteiger partial charge in [0.2, 0.25) is 23.6 Å². The molecule has 1 heterocycles. The average molecular weight is 555 g/mol. The van der Waals surface area contributed by atoms with E-state index in [4.69, 9.17) is 0 Å². The van der Waals surface area contributed by atoms with Crippen LogP contribution in [-0.2, 0) is 19.2 Å². The van der Waals surface area contributed by atoms with Crippen LogP contribution in [0.4, 0.5) is 0 Å². The maximum absolute atomic E-state index is 14.2. The second-order valence-corrected chi connectivity index (χ2v) is 12.9. The normalized spacial score (nSPS) is 24.1. The first-order valence-electron chi connectivity index (χ1n) is 16.5. The predicted octanol–water partition coefficient (Wildman–Crippen LogP) is 5.34. The summed E-state index contributed by atoms with van der Waals surface area (Å²) in [6.07, 6.45) is 18.7. The first-order valence-corrected chi connectivity index (χ1v) is 16.5. The first kappa shape index (κ1) is 29.1. The largest absolute Gasteiger partial charge is 0.366 e. The van der Waals surface area contributed by atoms with Crippen LogP contribution in [0, 0.1) is 23.7 Å². The van der Waals surface area contributed by atoms with Gasteiger partial charge in [-0.1, -0.05) is 77.0 Å². The second kappa shape index (κ2) is 14.0. The molecule has 4 amide bonds. The highest BCUT2D eigenvalue weighted by molar-refractivity contribution is 6.02. The van der Waals surface area contributed by atoms with Crippen LogP contribution in [0.15, 0.2) is 11.6 Å². The molecule has 0 saturated heterocycles. The van der Waals surface area contributed by atoms with E-state index in [1.165, 1.54) is 9.80 Å². The van der Waals surface area contributed by atoms with Crippen LogP contribution < -0.4 is 10.6 Å². The van der Waals surface area contributed by atoms with E-state index < -0.39 is 0 Å². The van der Waals surface area contributed by atoms with E-state index in [0.29, 0.717) is 24.7 Å². The molecular weight excluding hydrogens is 504 g/mol. The summed E-state index contributed by atoms with van der Waals surface area (Å²) in [5.41, 5.74) is 0. The lowest BCUT2D eigenvalue weighted by molar-refractivity contribution is -0.153. The van der Waals surface area contributed by atoms with Gasteiger partial charge in [-0.2, -0.15) is 0 Å². The molecule has 2 N–H and O–H groups in total. The molecule has 0 spiro atoms. The molecule has 40 heavy (non-hydrogen) atoms. The zero-order chi connectivity index (χ0) is 27.9. The number of hydrogen-bond donors (Lipinski definition) is 2. The van der Waals surface area contributed by atoms with Gasteiger partial charge in [0.25, 0.3) is 0 Å². The minimum Gasteiger partial charge on any atom is -0.366 e. The van der Waals surface area contributed by atoms with E-state index in [1.807, 2.05) is 0 Å². The van der Waals surface area contributed by atoms with Gasteiger partial charge in [0.15, 0.2) is 11.6 Å². The minimum absolute atomic E-state index is 0.158. The molecule has 4 aliphatic carbocycles. The van der Waals surface area contributed by atoms with Crippen molar-refractivity contribution < 1.29 is 19.2 Å². The van der Waals surface area contributed by atoms with Gasteiger partial charge in [-0.05, 0) is 51.4 Å². The monoisotopic (exact) mass is 554 g/mol. The summed E-state index contributed by atoms with van der Waals surface area (Å²) < 4.78 is 0. The third kappa shape index (κ3) is 6.57. The number of nitrogens with zero attached hydrogens (tertiary/aromatic N) is 2. The summed E-state index contributed by atoms with van der Waals surface area (Å²) in [6, 6.07) is 0. The minimum atomic E-state index is -0.199. The number of carbonyl (C=O) groups is 4. The average Bonchev–Trinajstić information content (AvgIpc) is 3.03. The summed E-state index contributed by atoms with van der Waals surface area (Å²) in [5, 5.41) is 6.72. The molecule has 0 aromatic heterocycles. The molecule has 222 valence electrons. The Hall–Kier alpha value is -2.38. The summed E-state index contributed by atoms with van der Waals surface area (Å²) in [4.78, 5) is 59.6. The second-order valence-electron chi connectivity index (χ2n) is 12.9. The molecular formula is C32H50N4O4. The molecule has 8 heteroatoms. The van der Waals surface area contributed by atoms with Crippen LogP contribution in [0.25, 0.3) is 0 Å². The molecule has 0 radical (unpaired) electrons. The van der Waals surface area contributed by atoms with Crippen LogP contribution in [0.5, 0.6) is 0 Å². The van der Waals surface area contributed by atoms with Crippen LogP contribution >= 0.6 is 0 Å². The van der Waals surface area contributed by atoms with Gasteiger partial charge in [0.05, 0.1) is 0 Å². The maximum atomic E-state index is 14.2. The van der Waals surface area contributed by atoms with Gasteiger partial charge < -0.3 is 10.6 Å². The van der Waals surface area contributed by atoms with Crippen molar-refractivity contribution in [2.45, 2.75) is 128 Å². The Morgan fingerprint density at radius 2 is 0.625 bits per heavy atom. The van der Waals surface area contributed by atoms with Crippen molar-refractivity contribution in [2.75, 3.05) is 13.1 Å². The van der Waals surface area contributed by atoms with Crippen LogP contribution in [0.2, 0.25) is 0 Å². The number of carbonyl (C=O) groups excluding carboxylic acids is 4. The van der Waals surface area contributed by atoms with Crippen molar-refractivity contribution in [1.82, 2.24) is 20.4 Å². The number of hydrogen-bond acceptors (Lipinski definition) is 6. The number of rotatable bonds is 6. The highest BCUT2D eigenvalue weighted by atomic mass is 16.2. The van der Waals surface area contributed by atoms with Gasteiger partial charge in [0, 0.05) is 36.8 Å². The molecule has 0 aromatic carbocycles. The Morgan fingerprint density at radius 3 is 0.850 bits per heavy atom. The molecule has 8 nitrogen and oxygen atoms in total. The van der Waals surface area contributed by atoms with Crippen LogP contribution in [-0.4, -0.2) is 46.5 Å². The molecule has 0 atom stereocenters. The number of imide groups is 2. The van der Waals surface area contributed by atoms with E-state index in [-0.39, 0.29) is 47.3 Å². The quantitative estimate of drug-likeness (QED) is 0.430. The lowest BCUT2D eigenvalue weighted by atomic mass is 9.85. The van der Waals surface area contributed by atoms with E-state index in [1.54, 1.807) is 0 Å². The molecule has 4 saturated carbocycles.